The van der Waals surface area contributed by atoms with Crippen molar-refractivity contribution in [2.45, 2.75) is 62.9 Å². The summed E-state index contributed by atoms with van der Waals surface area (Å²) in [6.07, 6.45) is 1.60. The van der Waals surface area contributed by atoms with Gasteiger partial charge in [0.2, 0.25) is 0 Å². The highest BCUT2D eigenvalue weighted by Crippen LogP contribution is 2.49. The Balaban J connectivity index is 2.07. The Morgan fingerprint density at radius 2 is 1.86 bits per heavy atom. The average molecular weight is 333 g/mol. The van der Waals surface area contributed by atoms with E-state index in [1.807, 2.05) is 0 Å². The SMILES string of the molecule is CC1=Nc2c(c(=O)[nH]n2C2CCCCCC2)[C@@H](C(F)(F)F)S1. The summed E-state index contributed by atoms with van der Waals surface area (Å²) in [5.74, 6) is 0.176. The first-order valence-corrected chi connectivity index (χ1v) is 8.39. The molecule has 1 aromatic heterocycles. The molecule has 0 unspecified atom stereocenters. The van der Waals surface area contributed by atoms with Gasteiger partial charge >= 0.3 is 6.18 Å². The van der Waals surface area contributed by atoms with E-state index in [9.17, 15) is 18.0 Å². The maximum Gasteiger partial charge on any atom is 0.405 e. The first kappa shape index (κ1) is 15.7. The number of aromatic amines is 1. The zero-order valence-electron chi connectivity index (χ0n) is 12.2. The number of aromatic nitrogens is 2. The Hall–Kier alpha value is -1.18. The number of thioether (sulfide) groups is 1. The molecule has 0 bridgehead atoms. The lowest BCUT2D eigenvalue weighted by molar-refractivity contribution is -0.129. The normalized spacial score (nSPS) is 23.8. The number of hydrogen-bond donors (Lipinski definition) is 1. The molecule has 1 saturated carbocycles. The topological polar surface area (TPSA) is 50.1 Å². The molecule has 2 aliphatic rings. The summed E-state index contributed by atoms with van der Waals surface area (Å²) in [7, 11) is 0. The Morgan fingerprint density at radius 3 is 2.45 bits per heavy atom. The molecule has 1 N–H and O–H groups in total. The number of aliphatic imine (C=N–C) groups is 1. The van der Waals surface area contributed by atoms with Crippen molar-refractivity contribution in [2.24, 2.45) is 4.99 Å². The highest BCUT2D eigenvalue weighted by atomic mass is 32.2. The number of halogens is 3. The Morgan fingerprint density at radius 1 is 1.23 bits per heavy atom. The van der Waals surface area contributed by atoms with Crippen molar-refractivity contribution in [3.8, 4) is 0 Å². The Labute approximate surface area is 130 Å². The van der Waals surface area contributed by atoms with E-state index in [2.05, 4.69) is 10.1 Å². The van der Waals surface area contributed by atoms with Crippen molar-refractivity contribution in [2.75, 3.05) is 0 Å². The quantitative estimate of drug-likeness (QED) is 0.771. The van der Waals surface area contributed by atoms with Crippen molar-refractivity contribution in [3.05, 3.63) is 15.9 Å². The van der Waals surface area contributed by atoms with Gasteiger partial charge in [0.15, 0.2) is 5.82 Å². The smallest absolute Gasteiger partial charge is 0.268 e. The monoisotopic (exact) mass is 333 g/mol. The molecule has 0 saturated heterocycles. The number of H-pyrrole nitrogens is 1. The fraction of sp³-hybridized carbons (Fsp3) is 0.714. The Kier molecular flexibility index (Phi) is 4.13. The van der Waals surface area contributed by atoms with E-state index in [0.29, 0.717) is 16.8 Å². The van der Waals surface area contributed by atoms with E-state index in [1.165, 1.54) is 0 Å². The van der Waals surface area contributed by atoms with Crippen molar-refractivity contribution >= 4 is 22.6 Å². The van der Waals surface area contributed by atoms with Gasteiger partial charge in [0.25, 0.3) is 5.56 Å². The van der Waals surface area contributed by atoms with Gasteiger partial charge in [-0.2, -0.15) is 13.2 Å². The van der Waals surface area contributed by atoms with E-state index in [4.69, 9.17) is 0 Å². The second-order valence-electron chi connectivity index (χ2n) is 5.86. The minimum absolute atomic E-state index is 0.0347. The van der Waals surface area contributed by atoms with E-state index < -0.39 is 17.0 Å². The van der Waals surface area contributed by atoms with Gasteiger partial charge in [-0.05, 0) is 19.8 Å². The van der Waals surface area contributed by atoms with Crippen molar-refractivity contribution < 1.29 is 13.2 Å². The minimum Gasteiger partial charge on any atom is -0.268 e. The summed E-state index contributed by atoms with van der Waals surface area (Å²) in [6, 6.07) is 0.0347. The van der Waals surface area contributed by atoms with Crippen LogP contribution in [0.3, 0.4) is 0 Å². The Bertz CT molecular complexity index is 639. The van der Waals surface area contributed by atoms with Crippen molar-refractivity contribution in [3.63, 3.8) is 0 Å². The standard InChI is InChI=1S/C14H18F3N3OS/c1-8-18-12-10(11(22-8)14(15,16)17)13(21)19-20(12)9-6-4-2-3-5-7-9/h9,11H,2-7H2,1H3,(H,19,21)/t11-/m0/s1. The number of hydrogen-bond acceptors (Lipinski definition) is 3. The molecule has 1 atom stereocenters. The highest BCUT2D eigenvalue weighted by molar-refractivity contribution is 8.14. The molecule has 0 amide bonds. The lowest BCUT2D eigenvalue weighted by Gasteiger charge is -2.24. The molecule has 1 aromatic rings. The molecule has 0 radical (unpaired) electrons. The summed E-state index contributed by atoms with van der Waals surface area (Å²) in [5.41, 5.74) is -0.905. The fourth-order valence-electron chi connectivity index (χ4n) is 3.22. The van der Waals surface area contributed by atoms with E-state index in [1.54, 1.807) is 11.6 Å². The zero-order chi connectivity index (χ0) is 15.9. The predicted octanol–water partition coefficient (Wildman–Crippen LogP) is 4.47. The van der Waals surface area contributed by atoms with Gasteiger partial charge < -0.3 is 0 Å². The van der Waals surface area contributed by atoms with Crippen LogP contribution in [0.15, 0.2) is 9.79 Å². The summed E-state index contributed by atoms with van der Waals surface area (Å²) < 4.78 is 41.3. The molecule has 3 rings (SSSR count). The minimum atomic E-state index is -4.46. The van der Waals surface area contributed by atoms with E-state index >= 15 is 0 Å². The number of rotatable bonds is 1. The van der Waals surface area contributed by atoms with Crippen LogP contribution in [-0.4, -0.2) is 21.0 Å². The molecule has 8 heteroatoms. The van der Waals surface area contributed by atoms with Crippen LogP contribution < -0.4 is 5.56 Å². The van der Waals surface area contributed by atoms with Gasteiger partial charge in [-0.15, -0.1) is 0 Å². The van der Waals surface area contributed by atoms with Crippen LogP contribution in [0.4, 0.5) is 19.0 Å². The molecule has 122 valence electrons. The maximum atomic E-state index is 13.3. The third-order valence-electron chi connectivity index (χ3n) is 4.24. The van der Waals surface area contributed by atoms with Gasteiger partial charge in [-0.1, -0.05) is 37.4 Å². The van der Waals surface area contributed by atoms with Gasteiger partial charge in [0, 0.05) is 0 Å². The van der Waals surface area contributed by atoms with Gasteiger partial charge in [-0.25, -0.2) is 4.99 Å². The van der Waals surface area contributed by atoms with Crippen LogP contribution in [-0.2, 0) is 0 Å². The summed E-state index contributed by atoms with van der Waals surface area (Å²) in [6.45, 7) is 1.56. The number of fused-ring (bicyclic) bond motifs is 1. The third-order valence-corrected chi connectivity index (χ3v) is 5.41. The summed E-state index contributed by atoms with van der Waals surface area (Å²) >= 11 is 0.606. The van der Waals surface area contributed by atoms with Crippen molar-refractivity contribution in [1.29, 1.82) is 0 Å². The first-order valence-electron chi connectivity index (χ1n) is 7.51. The predicted molar refractivity (Wildman–Crippen MR) is 80.9 cm³/mol. The van der Waals surface area contributed by atoms with Crippen LogP contribution in [0, 0.1) is 0 Å². The van der Waals surface area contributed by atoms with Gasteiger partial charge in [-0.3, -0.25) is 14.6 Å². The van der Waals surface area contributed by atoms with E-state index in [0.717, 1.165) is 38.5 Å². The molecule has 1 aliphatic heterocycles. The number of nitrogens with one attached hydrogen (secondary N) is 1. The van der Waals surface area contributed by atoms with Crippen LogP contribution in [0.25, 0.3) is 0 Å². The lowest BCUT2D eigenvalue weighted by Crippen LogP contribution is -2.25. The molecule has 0 aromatic carbocycles. The summed E-state index contributed by atoms with van der Waals surface area (Å²) in [5, 5.41) is 1.14. The molecule has 1 aliphatic carbocycles. The molecule has 0 spiro atoms. The largest absolute Gasteiger partial charge is 0.405 e. The van der Waals surface area contributed by atoms with Gasteiger partial charge in [0.1, 0.15) is 5.25 Å². The van der Waals surface area contributed by atoms with Crippen LogP contribution in [0.5, 0.6) is 0 Å². The van der Waals surface area contributed by atoms with Crippen LogP contribution in [0.1, 0.15) is 62.3 Å². The molecular formula is C14H18F3N3OS. The average Bonchev–Trinajstić information content (AvgIpc) is 2.65. The molecule has 2 heterocycles. The second-order valence-corrected chi connectivity index (χ2v) is 7.16. The number of nitrogens with zero attached hydrogens (tertiary/aromatic N) is 2. The molecule has 22 heavy (non-hydrogen) atoms. The fourth-order valence-corrected chi connectivity index (χ4v) is 4.16. The molecular weight excluding hydrogens is 315 g/mol. The lowest BCUT2D eigenvalue weighted by atomic mass is 10.1. The summed E-state index contributed by atoms with van der Waals surface area (Å²) in [4.78, 5) is 16.4. The second kappa shape index (κ2) is 5.79. The van der Waals surface area contributed by atoms with E-state index in [-0.39, 0.29) is 17.4 Å². The highest BCUT2D eigenvalue weighted by Gasteiger charge is 2.47. The number of alkyl halides is 3. The van der Waals surface area contributed by atoms with Crippen LogP contribution in [0.2, 0.25) is 0 Å². The van der Waals surface area contributed by atoms with Crippen LogP contribution >= 0.6 is 11.8 Å². The zero-order valence-corrected chi connectivity index (χ0v) is 13.1. The van der Waals surface area contributed by atoms with Crippen molar-refractivity contribution in [1.82, 2.24) is 9.78 Å². The van der Waals surface area contributed by atoms with Gasteiger partial charge in [0.05, 0.1) is 16.6 Å². The maximum absolute atomic E-state index is 13.3. The molecule has 4 nitrogen and oxygen atoms in total. The first-order chi connectivity index (χ1) is 10.4. The third kappa shape index (κ3) is 2.85. The molecule has 1 fully saturated rings.